The summed E-state index contributed by atoms with van der Waals surface area (Å²) in [5, 5.41) is 17.1. The predicted molar refractivity (Wildman–Crippen MR) is 532 cm³/mol. The number of nitrogens with zero attached hydrogens (tertiary/aromatic N) is 11. The lowest BCUT2D eigenvalue weighted by Crippen LogP contribution is -2.00. The van der Waals surface area contributed by atoms with Gasteiger partial charge in [-0.1, -0.05) is 322 Å². The summed E-state index contributed by atoms with van der Waals surface area (Å²) in [7, 11) is 0. The SMILES string of the molecule is c1ccc(-c2nc(-c3ccc4ccc5ccc6nc(-c7ccccc7)oc6c5c4c3)nc(-c3cccc4ccccc34)n2)cc1.c1ccc(-c2nc(-c3ccc4ccc5ccc6nc(-c7ccccc7)oc6c5c4c3)nc(-c3cccc4oc5ccccc5c34)n2)cc1.c1ccc(-c2nc3ccc4ccc5ccc(-c6nc7ccccc7nc6-c6ccccc6)cc5c4c3o2)cc1. The molecule has 0 bridgehead atoms. The van der Waals surface area contributed by atoms with E-state index in [-0.39, 0.29) is 0 Å². The number of benzene rings is 20. The van der Waals surface area contributed by atoms with Crippen molar-refractivity contribution in [2.24, 2.45) is 0 Å². The van der Waals surface area contributed by atoms with Crippen LogP contribution >= 0.6 is 0 Å². The third-order valence-corrected chi connectivity index (χ3v) is 24.5. The molecule has 0 N–H and O–H groups in total. The van der Waals surface area contributed by atoms with Crippen molar-refractivity contribution in [3.05, 3.63) is 419 Å². The van der Waals surface area contributed by atoms with Gasteiger partial charge in [0.15, 0.2) is 51.7 Å². The van der Waals surface area contributed by atoms with Crippen molar-refractivity contribution in [3.63, 3.8) is 0 Å². The summed E-state index contributed by atoms with van der Waals surface area (Å²) in [6.07, 6.45) is 0. The van der Waals surface area contributed by atoms with E-state index < -0.39 is 0 Å². The zero-order valence-electron chi connectivity index (χ0n) is 70.4. The minimum Gasteiger partial charge on any atom is -0.456 e. The van der Waals surface area contributed by atoms with Gasteiger partial charge in [0.05, 0.1) is 22.4 Å². The van der Waals surface area contributed by atoms with Gasteiger partial charge in [-0.2, -0.15) is 0 Å². The maximum Gasteiger partial charge on any atom is 0.227 e. The van der Waals surface area contributed by atoms with Crippen LogP contribution in [-0.4, -0.2) is 54.8 Å². The van der Waals surface area contributed by atoms with Crippen LogP contribution in [-0.2, 0) is 0 Å². The molecule has 7 aromatic heterocycles. The Hall–Kier alpha value is -18.2. The molecule has 0 radical (unpaired) electrons. The first-order chi connectivity index (χ1) is 65.4. The summed E-state index contributed by atoms with van der Waals surface area (Å²) in [5.41, 5.74) is 20.3. The second-order valence-electron chi connectivity index (χ2n) is 32.6. The Morgan fingerprint density at radius 1 is 0.152 bits per heavy atom. The van der Waals surface area contributed by atoms with E-state index in [4.69, 9.17) is 72.5 Å². The fourth-order valence-corrected chi connectivity index (χ4v) is 18.2. The lowest BCUT2D eigenvalue weighted by atomic mass is 9.96. The third-order valence-electron chi connectivity index (χ3n) is 24.5. The molecule has 0 spiro atoms. The molecule has 27 rings (SSSR count). The quantitative estimate of drug-likeness (QED) is 0.111. The Morgan fingerprint density at radius 3 is 0.932 bits per heavy atom. The molecule has 0 saturated heterocycles. The number of aromatic nitrogens is 11. The highest BCUT2D eigenvalue weighted by Crippen LogP contribution is 2.45. The number of rotatable bonds is 11. The Labute approximate surface area is 753 Å². The first-order valence-corrected chi connectivity index (χ1v) is 43.7. The third kappa shape index (κ3) is 13.8. The van der Waals surface area contributed by atoms with Gasteiger partial charge in [0.1, 0.15) is 27.7 Å². The second kappa shape index (κ2) is 32.0. The number of hydrogen-bond acceptors (Lipinski definition) is 15. The molecule has 0 amide bonds. The first kappa shape index (κ1) is 76.2. The fourth-order valence-electron chi connectivity index (χ4n) is 18.2. The molecule has 0 aliphatic heterocycles. The minimum atomic E-state index is 0.581. The number of para-hydroxylation sites is 3. The van der Waals surface area contributed by atoms with E-state index in [1.54, 1.807) is 0 Å². The molecule has 132 heavy (non-hydrogen) atoms. The van der Waals surface area contributed by atoms with Gasteiger partial charge in [-0.15, -0.1) is 0 Å². The molecule has 7 heterocycles. The Kier molecular flexibility index (Phi) is 18.5. The van der Waals surface area contributed by atoms with Crippen molar-refractivity contribution in [1.29, 1.82) is 0 Å². The first-order valence-electron chi connectivity index (χ1n) is 43.7. The zero-order chi connectivity index (χ0) is 87.1. The molecule has 0 fully saturated rings. The number of hydrogen-bond donors (Lipinski definition) is 0. The van der Waals surface area contributed by atoms with E-state index in [1.807, 2.05) is 255 Å². The van der Waals surface area contributed by atoms with E-state index in [0.29, 0.717) is 52.6 Å². The maximum atomic E-state index is 6.48. The van der Waals surface area contributed by atoms with Crippen LogP contribution in [0, 0.1) is 0 Å². The van der Waals surface area contributed by atoms with E-state index in [9.17, 15) is 0 Å². The van der Waals surface area contributed by atoms with Gasteiger partial charge in [0, 0.05) is 88.1 Å². The molecule has 616 valence electrons. The summed E-state index contributed by atoms with van der Waals surface area (Å²) >= 11 is 0. The summed E-state index contributed by atoms with van der Waals surface area (Å²) in [6, 6.07) is 142. The molecule has 15 heteroatoms. The van der Waals surface area contributed by atoms with Crippen molar-refractivity contribution in [2.75, 3.05) is 0 Å². The monoisotopic (exact) mass is 1690 g/mol. The zero-order valence-corrected chi connectivity index (χ0v) is 70.4. The molecular formula is C117H69N11O4. The van der Waals surface area contributed by atoms with Gasteiger partial charge in [-0.3, -0.25) is 0 Å². The van der Waals surface area contributed by atoms with Crippen LogP contribution in [0.25, 0.3) is 267 Å². The van der Waals surface area contributed by atoms with Gasteiger partial charge in [-0.25, -0.2) is 54.8 Å². The Balaban J connectivity index is 0.000000107. The highest BCUT2D eigenvalue weighted by molar-refractivity contribution is 6.22. The van der Waals surface area contributed by atoms with Gasteiger partial charge in [0.25, 0.3) is 0 Å². The molecule has 27 aromatic rings. The molecule has 0 aliphatic carbocycles. The molecule has 0 atom stereocenters. The van der Waals surface area contributed by atoms with E-state index >= 15 is 0 Å². The smallest absolute Gasteiger partial charge is 0.227 e. The van der Waals surface area contributed by atoms with Crippen molar-refractivity contribution >= 4 is 142 Å². The van der Waals surface area contributed by atoms with E-state index in [0.717, 1.165) is 214 Å². The van der Waals surface area contributed by atoms with Crippen molar-refractivity contribution in [3.8, 4) is 125 Å². The van der Waals surface area contributed by atoms with E-state index in [1.165, 1.54) is 0 Å². The highest BCUT2D eigenvalue weighted by Gasteiger charge is 2.25. The fraction of sp³-hybridized carbons (Fsp3) is 0. The van der Waals surface area contributed by atoms with E-state index in [2.05, 4.69) is 164 Å². The van der Waals surface area contributed by atoms with Crippen LogP contribution in [0.1, 0.15) is 0 Å². The van der Waals surface area contributed by atoms with Crippen molar-refractivity contribution in [2.45, 2.75) is 0 Å². The summed E-state index contributed by atoms with van der Waals surface area (Å²) in [6.45, 7) is 0. The molecule has 0 aliphatic rings. The van der Waals surface area contributed by atoms with Gasteiger partial charge < -0.3 is 17.7 Å². The topological polar surface area (TPSA) is 194 Å². The predicted octanol–water partition coefficient (Wildman–Crippen LogP) is 30.1. The van der Waals surface area contributed by atoms with Crippen molar-refractivity contribution < 1.29 is 17.7 Å². The molecule has 20 aromatic carbocycles. The largest absolute Gasteiger partial charge is 0.456 e. The number of furan rings is 1. The molecule has 0 unspecified atom stereocenters. The number of oxazole rings is 3. The van der Waals surface area contributed by atoms with Crippen LogP contribution in [0.5, 0.6) is 0 Å². The van der Waals surface area contributed by atoms with Gasteiger partial charge in [0.2, 0.25) is 17.7 Å². The summed E-state index contributed by atoms with van der Waals surface area (Å²) < 4.78 is 25.6. The number of fused-ring (bicyclic) bond motifs is 20. The van der Waals surface area contributed by atoms with Crippen LogP contribution < -0.4 is 0 Å². The molecule has 15 nitrogen and oxygen atoms in total. The van der Waals surface area contributed by atoms with Crippen LogP contribution in [0.3, 0.4) is 0 Å². The molecule has 0 saturated carbocycles. The summed E-state index contributed by atoms with van der Waals surface area (Å²) in [5.74, 6) is 5.47. The lowest BCUT2D eigenvalue weighted by molar-refractivity contribution is 0.623. The Bertz CT molecular complexity index is 9230. The van der Waals surface area contributed by atoms with Gasteiger partial charge >= 0.3 is 0 Å². The van der Waals surface area contributed by atoms with Crippen LogP contribution in [0.2, 0.25) is 0 Å². The second-order valence-corrected chi connectivity index (χ2v) is 32.6. The van der Waals surface area contributed by atoms with Crippen LogP contribution in [0.15, 0.2) is 436 Å². The van der Waals surface area contributed by atoms with Crippen LogP contribution in [0.4, 0.5) is 0 Å². The molecular weight excluding hydrogens is 1620 g/mol. The summed E-state index contributed by atoms with van der Waals surface area (Å²) in [4.78, 5) is 55.0. The average molecular weight is 1690 g/mol. The van der Waals surface area contributed by atoms with Gasteiger partial charge in [-0.05, 0) is 156 Å². The lowest BCUT2D eigenvalue weighted by Gasteiger charge is -2.12. The maximum absolute atomic E-state index is 6.48. The normalized spacial score (nSPS) is 11.6. The minimum absolute atomic E-state index is 0.581. The standard InChI is InChI=1S/C42H24N4O2.C40H24N4O.C35H21N3O/c1-3-10-27(11-4-1)39-44-40(46-41(45-39)31-15-9-17-35-37(31)30-14-7-8-16-34(30)47-35)29-21-19-25-18-20-26-22-23-33-38(36(26)32(25)24-29)48-42(43-33)28-12-5-2-6-13-28;1-3-11-28(12-4-1)37-42-38(44-39(43-37)32-17-9-15-25-10-7-8-16-31(25)32)30-21-19-26-18-20-27-22-23-34-36(35(27)33(26)24-30)45-40(41-34)29-13-5-2-6-14-29;1-3-9-24(10-4-1)32-33(37-29-14-8-7-13-28(29)36-32)26-18-16-22-15-17-23-19-20-30-34(31(23)27(22)21-26)39-35(38-30)25-11-5-2-6-12-25/h1-24H;1-24H;1-21H. The Morgan fingerprint density at radius 2 is 0.462 bits per heavy atom. The highest BCUT2D eigenvalue weighted by atomic mass is 16.4. The average Bonchev–Trinajstić information content (AvgIpc) is 1.50. The van der Waals surface area contributed by atoms with Crippen molar-refractivity contribution in [1.82, 2.24) is 54.8 Å².